The molecule has 0 saturated carbocycles. The maximum Gasteiger partial charge on any atom is 0.129 e. The van der Waals surface area contributed by atoms with Crippen LogP contribution in [0.2, 0.25) is 0 Å². The van der Waals surface area contributed by atoms with E-state index in [1.54, 1.807) is 0 Å². The van der Waals surface area contributed by atoms with Gasteiger partial charge in [-0.15, -0.1) is 0 Å². The quantitative estimate of drug-likeness (QED) is 0.897. The van der Waals surface area contributed by atoms with Crippen molar-refractivity contribution in [2.24, 2.45) is 0 Å². The van der Waals surface area contributed by atoms with Crippen LogP contribution >= 0.6 is 0 Å². The van der Waals surface area contributed by atoms with Gasteiger partial charge in [0.2, 0.25) is 0 Å². The van der Waals surface area contributed by atoms with Gasteiger partial charge in [-0.3, -0.25) is 0 Å². The Morgan fingerprint density at radius 3 is 2.89 bits per heavy atom. The van der Waals surface area contributed by atoms with E-state index in [1.807, 2.05) is 18.2 Å². The standard InChI is InChI=1S/C16H20N2O/c19-12-14-7-2-1-5-11-18(14)16-10-9-13-6-3-4-8-15(13)17-16/h3-4,6,8-10,14,19H,1-2,5,7,11-12H2. The van der Waals surface area contributed by atoms with Gasteiger partial charge in [0.25, 0.3) is 0 Å². The number of para-hydroxylation sites is 1. The van der Waals surface area contributed by atoms with Crippen LogP contribution in [0.5, 0.6) is 0 Å². The van der Waals surface area contributed by atoms with Gasteiger partial charge in [-0.1, -0.05) is 31.0 Å². The summed E-state index contributed by atoms with van der Waals surface area (Å²) in [5, 5.41) is 10.8. The van der Waals surface area contributed by atoms with Gasteiger partial charge < -0.3 is 10.0 Å². The number of anilines is 1. The van der Waals surface area contributed by atoms with Crippen molar-refractivity contribution >= 4 is 16.7 Å². The lowest BCUT2D eigenvalue weighted by Gasteiger charge is -2.29. The van der Waals surface area contributed by atoms with Gasteiger partial charge in [0.05, 0.1) is 18.2 Å². The summed E-state index contributed by atoms with van der Waals surface area (Å²) in [5.74, 6) is 1.000. The predicted molar refractivity (Wildman–Crippen MR) is 78.4 cm³/mol. The smallest absolute Gasteiger partial charge is 0.129 e. The van der Waals surface area contributed by atoms with Crippen LogP contribution in [0.3, 0.4) is 0 Å². The number of aliphatic hydroxyl groups is 1. The molecule has 1 aliphatic heterocycles. The van der Waals surface area contributed by atoms with Crippen LogP contribution in [0.4, 0.5) is 5.82 Å². The van der Waals surface area contributed by atoms with E-state index in [-0.39, 0.29) is 12.6 Å². The van der Waals surface area contributed by atoms with Gasteiger partial charge in [0.1, 0.15) is 5.82 Å². The molecule has 1 aromatic heterocycles. The lowest BCUT2D eigenvalue weighted by Crippen LogP contribution is -2.38. The van der Waals surface area contributed by atoms with Crippen LogP contribution in [0.1, 0.15) is 25.7 Å². The van der Waals surface area contributed by atoms with E-state index in [0.29, 0.717) is 0 Å². The van der Waals surface area contributed by atoms with Crippen molar-refractivity contribution < 1.29 is 5.11 Å². The molecule has 2 aromatic rings. The molecule has 0 bridgehead atoms. The Balaban J connectivity index is 1.96. The number of aliphatic hydroxyl groups excluding tert-OH is 1. The molecule has 3 heteroatoms. The molecular formula is C16H20N2O. The van der Waals surface area contributed by atoms with Crippen molar-refractivity contribution in [3.63, 3.8) is 0 Å². The second kappa shape index (κ2) is 5.57. The van der Waals surface area contributed by atoms with Crippen molar-refractivity contribution in [3.05, 3.63) is 36.4 Å². The third-order valence-corrected chi connectivity index (χ3v) is 3.97. The van der Waals surface area contributed by atoms with Gasteiger partial charge in [0, 0.05) is 11.9 Å². The van der Waals surface area contributed by atoms with Crippen LogP contribution in [-0.2, 0) is 0 Å². The van der Waals surface area contributed by atoms with E-state index in [2.05, 4.69) is 23.1 Å². The first-order valence-electron chi connectivity index (χ1n) is 7.12. The number of benzene rings is 1. The second-order valence-corrected chi connectivity index (χ2v) is 5.24. The Morgan fingerprint density at radius 1 is 1.11 bits per heavy atom. The normalized spacial score (nSPS) is 20.5. The Morgan fingerprint density at radius 2 is 2.00 bits per heavy atom. The minimum Gasteiger partial charge on any atom is -0.394 e. The molecule has 1 aliphatic rings. The average molecular weight is 256 g/mol. The highest BCUT2D eigenvalue weighted by atomic mass is 16.3. The average Bonchev–Trinajstić information content (AvgIpc) is 2.72. The highest BCUT2D eigenvalue weighted by molar-refractivity contribution is 5.80. The monoisotopic (exact) mass is 256 g/mol. The molecule has 1 fully saturated rings. The molecule has 3 rings (SSSR count). The molecule has 100 valence electrons. The summed E-state index contributed by atoms with van der Waals surface area (Å²) in [4.78, 5) is 7.03. The highest BCUT2D eigenvalue weighted by Gasteiger charge is 2.21. The molecule has 19 heavy (non-hydrogen) atoms. The molecule has 0 aliphatic carbocycles. The fourth-order valence-electron chi connectivity index (χ4n) is 2.88. The molecule has 1 aromatic carbocycles. The number of hydrogen-bond donors (Lipinski definition) is 1. The molecule has 1 atom stereocenters. The summed E-state index contributed by atoms with van der Waals surface area (Å²) in [7, 11) is 0. The van der Waals surface area contributed by atoms with E-state index < -0.39 is 0 Å². The minimum atomic E-state index is 0.217. The van der Waals surface area contributed by atoms with Crippen LogP contribution < -0.4 is 4.90 Å². The summed E-state index contributed by atoms with van der Waals surface area (Å²) < 4.78 is 0. The molecule has 2 heterocycles. The summed E-state index contributed by atoms with van der Waals surface area (Å²) >= 11 is 0. The van der Waals surface area contributed by atoms with Crippen molar-refractivity contribution in [2.45, 2.75) is 31.7 Å². The topological polar surface area (TPSA) is 36.4 Å². The van der Waals surface area contributed by atoms with Crippen molar-refractivity contribution in [2.75, 3.05) is 18.1 Å². The number of pyridine rings is 1. The first-order chi connectivity index (χ1) is 9.38. The van der Waals surface area contributed by atoms with Crippen LogP contribution in [0, 0.1) is 0 Å². The van der Waals surface area contributed by atoms with Gasteiger partial charge in [0.15, 0.2) is 0 Å². The van der Waals surface area contributed by atoms with E-state index in [4.69, 9.17) is 4.98 Å². The first kappa shape index (κ1) is 12.4. The zero-order valence-electron chi connectivity index (χ0n) is 11.1. The summed E-state index contributed by atoms with van der Waals surface area (Å²) in [6.45, 7) is 1.21. The molecule has 3 nitrogen and oxygen atoms in total. The van der Waals surface area contributed by atoms with Crippen LogP contribution in [-0.4, -0.2) is 29.3 Å². The maximum absolute atomic E-state index is 9.59. The number of rotatable bonds is 2. The number of aromatic nitrogens is 1. The lowest BCUT2D eigenvalue weighted by atomic mass is 10.1. The van der Waals surface area contributed by atoms with Crippen LogP contribution in [0.25, 0.3) is 10.9 Å². The van der Waals surface area contributed by atoms with E-state index >= 15 is 0 Å². The predicted octanol–water partition coefficient (Wildman–Crippen LogP) is 2.98. The number of hydrogen-bond acceptors (Lipinski definition) is 3. The third-order valence-electron chi connectivity index (χ3n) is 3.97. The van der Waals surface area contributed by atoms with Gasteiger partial charge in [-0.05, 0) is 31.0 Å². The van der Waals surface area contributed by atoms with E-state index in [9.17, 15) is 5.11 Å². The summed E-state index contributed by atoms with van der Waals surface area (Å²) in [6.07, 6.45) is 4.70. The van der Waals surface area contributed by atoms with E-state index in [1.165, 1.54) is 24.6 Å². The Bertz CT molecular complexity index is 555. The zero-order valence-corrected chi connectivity index (χ0v) is 11.1. The third kappa shape index (κ3) is 2.56. The fraction of sp³-hybridized carbons (Fsp3) is 0.438. The number of nitrogens with zero attached hydrogens (tertiary/aromatic N) is 2. The summed E-state index contributed by atoms with van der Waals surface area (Å²) in [5.41, 5.74) is 1.03. The van der Waals surface area contributed by atoms with E-state index in [0.717, 1.165) is 24.3 Å². The largest absolute Gasteiger partial charge is 0.394 e. The van der Waals surface area contributed by atoms with Crippen LogP contribution in [0.15, 0.2) is 36.4 Å². The van der Waals surface area contributed by atoms with Gasteiger partial charge in [-0.25, -0.2) is 4.98 Å². The van der Waals surface area contributed by atoms with Crippen molar-refractivity contribution in [3.8, 4) is 0 Å². The van der Waals surface area contributed by atoms with Crippen molar-refractivity contribution in [1.29, 1.82) is 0 Å². The maximum atomic E-state index is 9.59. The first-order valence-corrected chi connectivity index (χ1v) is 7.12. The number of fused-ring (bicyclic) bond motifs is 1. The van der Waals surface area contributed by atoms with Crippen molar-refractivity contribution in [1.82, 2.24) is 4.98 Å². The SMILES string of the molecule is OCC1CCCCCN1c1ccc2ccccc2n1. The molecule has 0 amide bonds. The second-order valence-electron chi connectivity index (χ2n) is 5.24. The molecule has 1 saturated heterocycles. The Labute approximate surface area is 113 Å². The zero-order chi connectivity index (χ0) is 13.1. The van der Waals surface area contributed by atoms with Gasteiger partial charge >= 0.3 is 0 Å². The Hall–Kier alpha value is -1.61. The van der Waals surface area contributed by atoms with Gasteiger partial charge in [-0.2, -0.15) is 0 Å². The molecule has 0 radical (unpaired) electrons. The molecular weight excluding hydrogens is 236 g/mol. The Kier molecular flexibility index (Phi) is 3.65. The fourth-order valence-corrected chi connectivity index (χ4v) is 2.88. The highest BCUT2D eigenvalue weighted by Crippen LogP contribution is 2.24. The molecule has 1 N–H and O–H groups in total. The lowest BCUT2D eigenvalue weighted by molar-refractivity contribution is 0.254. The minimum absolute atomic E-state index is 0.217. The molecule has 1 unspecified atom stereocenters. The summed E-state index contributed by atoms with van der Waals surface area (Å²) in [6, 6.07) is 12.6. The molecule has 0 spiro atoms.